The quantitative estimate of drug-likeness (QED) is 0.671. The maximum absolute atomic E-state index is 13.2. The van der Waals surface area contributed by atoms with Crippen LogP contribution >= 0.6 is 0 Å². The third-order valence-electron chi connectivity index (χ3n) is 5.25. The van der Waals surface area contributed by atoms with Gasteiger partial charge in [-0.2, -0.15) is 5.10 Å². The summed E-state index contributed by atoms with van der Waals surface area (Å²) in [5.74, 6) is 2.05. The smallest absolute Gasteiger partial charge is 0.253 e. The molecule has 0 bridgehead atoms. The number of nitrogens with zero attached hydrogens (tertiary/aromatic N) is 4. The lowest BCUT2D eigenvalue weighted by atomic mass is 9.92. The highest BCUT2D eigenvalue weighted by atomic mass is 19.1. The number of rotatable bonds is 5. The van der Waals surface area contributed by atoms with E-state index in [1.807, 2.05) is 30.9 Å². The van der Waals surface area contributed by atoms with E-state index in [0.717, 1.165) is 37.2 Å². The van der Waals surface area contributed by atoms with Crippen molar-refractivity contribution in [2.75, 3.05) is 18.4 Å². The van der Waals surface area contributed by atoms with E-state index < -0.39 is 0 Å². The van der Waals surface area contributed by atoms with Gasteiger partial charge < -0.3 is 10.2 Å². The van der Waals surface area contributed by atoms with Crippen LogP contribution in [0.3, 0.4) is 0 Å². The van der Waals surface area contributed by atoms with Crippen molar-refractivity contribution >= 4 is 17.5 Å². The molecule has 0 saturated carbocycles. The van der Waals surface area contributed by atoms with Crippen LogP contribution in [0, 0.1) is 25.6 Å². The van der Waals surface area contributed by atoms with Crippen LogP contribution in [0.4, 0.5) is 16.0 Å². The molecule has 0 radical (unpaired) electrons. The number of aromatic nitrogens is 4. The molecule has 1 aliphatic rings. The topological polar surface area (TPSA) is 86.8 Å². The number of aryl methyl sites for hydroxylation is 2. The number of benzene rings is 1. The Morgan fingerprint density at radius 1 is 1.20 bits per heavy atom. The number of nitrogens with one attached hydrogen (secondary N) is 2. The van der Waals surface area contributed by atoms with E-state index in [2.05, 4.69) is 25.5 Å². The first kappa shape index (κ1) is 20.0. The van der Waals surface area contributed by atoms with E-state index in [-0.39, 0.29) is 11.7 Å². The molecule has 7 nitrogen and oxygen atoms in total. The Morgan fingerprint density at radius 3 is 2.73 bits per heavy atom. The average Bonchev–Trinajstić information content (AvgIpc) is 3.12. The zero-order valence-electron chi connectivity index (χ0n) is 17.2. The van der Waals surface area contributed by atoms with Crippen LogP contribution in [0.2, 0.25) is 0 Å². The van der Waals surface area contributed by atoms with Crippen LogP contribution in [0.15, 0.2) is 36.4 Å². The lowest BCUT2D eigenvalue weighted by molar-refractivity contribution is 0.0672. The van der Waals surface area contributed by atoms with Crippen molar-refractivity contribution in [3.05, 3.63) is 65.0 Å². The third kappa shape index (κ3) is 4.82. The fourth-order valence-electron chi connectivity index (χ4n) is 3.90. The minimum atomic E-state index is -0.336. The summed E-state index contributed by atoms with van der Waals surface area (Å²) in [5, 5.41) is 10.3. The van der Waals surface area contributed by atoms with E-state index in [1.54, 1.807) is 12.1 Å². The van der Waals surface area contributed by atoms with Crippen molar-refractivity contribution in [3.8, 4) is 0 Å². The summed E-state index contributed by atoms with van der Waals surface area (Å²) in [7, 11) is 0. The molecule has 1 aromatic carbocycles. The second kappa shape index (κ2) is 8.61. The second-order valence-electron chi connectivity index (χ2n) is 7.82. The molecule has 0 spiro atoms. The van der Waals surface area contributed by atoms with Crippen molar-refractivity contribution in [2.45, 2.75) is 33.1 Å². The molecule has 8 heteroatoms. The Hall–Kier alpha value is -3.29. The number of piperidine rings is 1. The number of carbonyl (C=O) groups is 1. The first-order chi connectivity index (χ1) is 14.5. The molecule has 2 aromatic heterocycles. The first-order valence-electron chi connectivity index (χ1n) is 10.1. The fraction of sp³-hybridized carbons (Fsp3) is 0.364. The summed E-state index contributed by atoms with van der Waals surface area (Å²) in [6, 6.07) is 9.60. The van der Waals surface area contributed by atoms with Gasteiger partial charge in [-0.05, 0) is 63.3 Å². The van der Waals surface area contributed by atoms with Gasteiger partial charge in [0.2, 0.25) is 0 Å². The summed E-state index contributed by atoms with van der Waals surface area (Å²) in [6.07, 6.45) is 2.75. The van der Waals surface area contributed by atoms with Crippen LogP contribution in [-0.2, 0) is 6.42 Å². The maximum atomic E-state index is 13.2. The predicted octanol–water partition coefficient (Wildman–Crippen LogP) is 3.79. The van der Waals surface area contributed by atoms with Crippen molar-refractivity contribution in [1.82, 2.24) is 25.1 Å². The molecule has 156 valence electrons. The monoisotopic (exact) mass is 408 g/mol. The van der Waals surface area contributed by atoms with E-state index in [0.29, 0.717) is 35.5 Å². The van der Waals surface area contributed by atoms with Crippen LogP contribution in [0.5, 0.6) is 0 Å². The van der Waals surface area contributed by atoms with Gasteiger partial charge in [-0.15, -0.1) is 0 Å². The highest BCUT2D eigenvalue weighted by Crippen LogP contribution is 2.23. The first-order valence-corrected chi connectivity index (χ1v) is 10.1. The molecular formula is C22H25FN6O. The highest BCUT2D eigenvalue weighted by Gasteiger charge is 2.25. The van der Waals surface area contributed by atoms with E-state index in [9.17, 15) is 9.18 Å². The number of H-pyrrole nitrogens is 1. The second-order valence-corrected chi connectivity index (χ2v) is 7.82. The third-order valence-corrected chi connectivity index (χ3v) is 5.25. The molecule has 4 rings (SSSR count). The Kier molecular flexibility index (Phi) is 5.74. The fourth-order valence-corrected chi connectivity index (χ4v) is 3.90. The number of hydrogen-bond acceptors (Lipinski definition) is 5. The molecule has 1 aliphatic heterocycles. The Morgan fingerprint density at radius 2 is 2.00 bits per heavy atom. The lowest BCUT2D eigenvalue weighted by Crippen LogP contribution is -2.40. The molecule has 0 unspecified atom stereocenters. The highest BCUT2D eigenvalue weighted by molar-refractivity contribution is 5.94. The predicted molar refractivity (Wildman–Crippen MR) is 112 cm³/mol. The maximum Gasteiger partial charge on any atom is 0.253 e. The Bertz CT molecular complexity index is 1030. The number of carbonyl (C=O) groups excluding carboxylic acids is 1. The molecular weight excluding hydrogens is 383 g/mol. The molecule has 30 heavy (non-hydrogen) atoms. The van der Waals surface area contributed by atoms with Crippen LogP contribution < -0.4 is 5.32 Å². The van der Waals surface area contributed by atoms with Crippen molar-refractivity contribution in [2.24, 2.45) is 5.92 Å². The standard InChI is InChI=1S/C22H25FN6O/c1-14-10-21(28-27-14)26-20-12-19(24-15(2)25-20)11-16-4-3-9-29(13-16)22(30)17-5-7-18(23)8-6-17/h5-8,10,12,16H,3-4,9,11,13H2,1-2H3,(H2,24,25,26,27,28)/t16-/m1/s1. The van der Waals surface area contributed by atoms with Gasteiger partial charge in [0, 0.05) is 42.2 Å². The van der Waals surface area contributed by atoms with E-state index >= 15 is 0 Å². The summed E-state index contributed by atoms with van der Waals surface area (Å²) in [5.41, 5.74) is 2.44. The number of hydrogen-bond donors (Lipinski definition) is 2. The Balaban J connectivity index is 1.43. The number of aromatic amines is 1. The summed E-state index contributed by atoms with van der Waals surface area (Å²) < 4.78 is 13.2. The zero-order valence-corrected chi connectivity index (χ0v) is 17.2. The molecule has 3 aromatic rings. The van der Waals surface area contributed by atoms with Crippen molar-refractivity contribution < 1.29 is 9.18 Å². The number of halogens is 1. The molecule has 1 amide bonds. The SMILES string of the molecule is Cc1nc(C[C@H]2CCCN(C(=O)c3ccc(F)cc3)C2)cc(Nc2cc(C)[nH]n2)n1. The van der Waals surface area contributed by atoms with E-state index in [1.165, 1.54) is 12.1 Å². The molecule has 1 atom stereocenters. The number of likely N-dealkylation sites (tertiary alicyclic amines) is 1. The lowest BCUT2D eigenvalue weighted by Gasteiger charge is -2.33. The van der Waals surface area contributed by atoms with Gasteiger partial charge in [0.1, 0.15) is 17.5 Å². The van der Waals surface area contributed by atoms with Gasteiger partial charge in [-0.1, -0.05) is 0 Å². The summed E-state index contributed by atoms with van der Waals surface area (Å²) >= 11 is 0. The zero-order chi connectivity index (χ0) is 21.1. The van der Waals surface area contributed by atoms with Crippen molar-refractivity contribution in [1.29, 1.82) is 0 Å². The van der Waals surface area contributed by atoms with Gasteiger partial charge in [0.05, 0.1) is 0 Å². The molecule has 0 aliphatic carbocycles. The minimum Gasteiger partial charge on any atom is -0.338 e. The number of anilines is 2. The van der Waals surface area contributed by atoms with Gasteiger partial charge in [0.15, 0.2) is 5.82 Å². The van der Waals surface area contributed by atoms with Gasteiger partial charge in [-0.3, -0.25) is 9.89 Å². The minimum absolute atomic E-state index is 0.0465. The summed E-state index contributed by atoms with van der Waals surface area (Å²) in [4.78, 5) is 23.7. The van der Waals surface area contributed by atoms with Crippen LogP contribution in [0.1, 0.15) is 40.4 Å². The molecule has 1 fully saturated rings. The largest absolute Gasteiger partial charge is 0.338 e. The number of amides is 1. The van der Waals surface area contributed by atoms with Gasteiger partial charge in [0.25, 0.3) is 5.91 Å². The summed E-state index contributed by atoms with van der Waals surface area (Å²) in [6.45, 7) is 5.20. The molecule has 2 N–H and O–H groups in total. The van der Waals surface area contributed by atoms with Crippen molar-refractivity contribution in [3.63, 3.8) is 0 Å². The van der Waals surface area contributed by atoms with Gasteiger partial charge >= 0.3 is 0 Å². The van der Waals surface area contributed by atoms with Crippen LogP contribution in [0.25, 0.3) is 0 Å². The normalized spacial score (nSPS) is 16.5. The van der Waals surface area contributed by atoms with Gasteiger partial charge in [-0.25, -0.2) is 14.4 Å². The van der Waals surface area contributed by atoms with Crippen LogP contribution in [-0.4, -0.2) is 44.1 Å². The van der Waals surface area contributed by atoms with E-state index in [4.69, 9.17) is 0 Å². The average molecular weight is 408 g/mol. The molecule has 3 heterocycles. The molecule has 1 saturated heterocycles. The Labute approximate surface area is 174 Å².